The molecular weight excluding hydrogens is 370 g/mol. The summed E-state index contributed by atoms with van der Waals surface area (Å²) in [6.45, 7) is 3.97. The van der Waals surface area contributed by atoms with Crippen LogP contribution in [0, 0.1) is 13.8 Å². The number of aryl methyl sites for hydroxylation is 3. The number of amides is 1. The molecule has 4 rings (SSSR count). The topological polar surface area (TPSA) is 99.8 Å². The number of nitrogens with zero attached hydrogens (tertiary/aromatic N) is 6. The second kappa shape index (κ2) is 7.34. The summed E-state index contributed by atoms with van der Waals surface area (Å²) in [5, 5.41) is 12.4. The second-order valence-corrected chi connectivity index (χ2v) is 6.79. The third kappa shape index (κ3) is 3.54. The van der Waals surface area contributed by atoms with Crippen LogP contribution in [0.4, 0.5) is 5.82 Å². The molecule has 4 heterocycles. The summed E-state index contributed by atoms with van der Waals surface area (Å²) in [6, 6.07) is 5.69. The Labute approximate surface area is 167 Å². The molecule has 0 unspecified atom stereocenters. The van der Waals surface area contributed by atoms with Gasteiger partial charge in [0.1, 0.15) is 6.54 Å². The van der Waals surface area contributed by atoms with Crippen LogP contribution in [0.1, 0.15) is 11.3 Å². The van der Waals surface area contributed by atoms with Crippen LogP contribution in [0.2, 0.25) is 0 Å². The van der Waals surface area contributed by atoms with Crippen LogP contribution in [0.25, 0.3) is 22.2 Å². The summed E-state index contributed by atoms with van der Waals surface area (Å²) in [6.07, 6.45) is 5.13. The van der Waals surface area contributed by atoms with E-state index in [2.05, 4.69) is 25.5 Å². The number of hydrogen-bond donors (Lipinski definition) is 1. The molecule has 0 atom stereocenters. The van der Waals surface area contributed by atoms with Gasteiger partial charge in [0, 0.05) is 36.3 Å². The fourth-order valence-electron chi connectivity index (χ4n) is 3.36. The van der Waals surface area contributed by atoms with E-state index >= 15 is 0 Å². The Bertz CT molecular complexity index is 1210. The van der Waals surface area contributed by atoms with Crippen molar-refractivity contribution >= 4 is 22.8 Å². The van der Waals surface area contributed by atoms with E-state index in [0.29, 0.717) is 11.7 Å². The van der Waals surface area contributed by atoms with Crippen LogP contribution in [-0.2, 0) is 18.4 Å². The van der Waals surface area contributed by atoms with Crippen molar-refractivity contribution in [3.05, 3.63) is 48.0 Å². The molecule has 0 saturated carbocycles. The van der Waals surface area contributed by atoms with Crippen LogP contribution in [-0.4, -0.2) is 42.5 Å². The first-order chi connectivity index (χ1) is 14.0. The van der Waals surface area contributed by atoms with Crippen molar-refractivity contribution in [2.45, 2.75) is 20.4 Å². The molecule has 0 aliphatic rings. The maximum atomic E-state index is 12.6. The highest BCUT2D eigenvalue weighted by atomic mass is 16.5. The Balaban J connectivity index is 1.54. The van der Waals surface area contributed by atoms with Crippen LogP contribution < -0.4 is 10.1 Å². The molecule has 0 aliphatic carbocycles. The normalized spacial score (nSPS) is 11.0. The zero-order chi connectivity index (χ0) is 20.5. The van der Waals surface area contributed by atoms with Gasteiger partial charge in [0.15, 0.2) is 11.5 Å². The molecule has 148 valence electrons. The number of ether oxygens (including phenoxy) is 1. The highest BCUT2D eigenvalue weighted by molar-refractivity contribution is 6.00. The van der Waals surface area contributed by atoms with Gasteiger partial charge in [-0.2, -0.15) is 10.2 Å². The summed E-state index contributed by atoms with van der Waals surface area (Å²) in [4.78, 5) is 21.3. The molecule has 1 amide bonds. The number of fused-ring (bicyclic) bond motifs is 1. The molecule has 4 aromatic heterocycles. The van der Waals surface area contributed by atoms with Crippen molar-refractivity contribution in [1.29, 1.82) is 0 Å². The summed E-state index contributed by atoms with van der Waals surface area (Å²) >= 11 is 0. The number of anilines is 1. The number of nitrogens with one attached hydrogen (secondary N) is 1. The lowest BCUT2D eigenvalue weighted by Gasteiger charge is -2.05. The van der Waals surface area contributed by atoms with Crippen molar-refractivity contribution in [3.8, 4) is 17.0 Å². The van der Waals surface area contributed by atoms with Crippen LogP contribution >= 0.6 is 0 Å². The average Bonchev–Trinajstić information content (AvgIpc) is 3.26. The summed E-state index contributed by atoms with van der Waals surface area (Å²) in [7, 11) is 3.38. The van der Waals surface area contributed by atoms with Crippen molar-refractivity contribution in [3.63, 3.8) is 0 Å². The Morgan fingerprint density at radius 2 is 2.14 bits per heavy atom. The predicted octanol–water partition coefficient (Wildman–Crippen LogP) is 2.49. The lowest BCUT2D eigenvalue weighted by molar-refractivity contribution is -0.116. The monoisotopic (exact) mass is 391 g/mol. The number of carbonyl (C=O) groups excluding carboxylic acids is 1. The molecule has 4 aromatic rings. The minimum absolute atomic E-state index is 0.0545. The van der Waals surface area contributed by atoms with Gasteiger partial charge in [0.2, 0.25) is 11.8 Å². The molecule has 0 saturated heterocycles. The zero-order valence-electron chi connectivity index (χ0n) is 16.7. The summed E-state index contributed by atoms with van der Waals surface area (Å²) < 4.78 is 8.53. The summed E-state index contributed by atoms with van der Waals surface area (Å²) in [5.74, 6) is 0.784. The van der Waals surface area contributed by atoms with Crippen molar-refractivity contribution < 1.29 is 9.53 Å². The minimum atomic E-state index is -0.224. The van der Waals surface area contributed by atoms with Crippen LogP contribution in [0.15, 0.2) is 36.8 Å². The van der Waals surface area contributed by atoms with Gasteiger partial charge in [-0.25, -0.2) is 14.6 Å². The fraction of sp³-hybridized carbons (Fsp3) is 0.250. The van der Waals surface area contributed by atoms with Crippen LogP contribution in [0.5, 0.6) is 5.88 Å². The molecule has 0 bridgehead atoms. The average molecular weight is 391 g/mol. The maximum absolute atomic E-state index is 12.6. The van der Waals surface area contributed by atoms with Gasteiger partial charge in [-0.05, 0) is 37.6 Å². The van der Waals surface area contributed by atoms with Crippen molar-refractivity contribution in [2.75, 3.05) is 12.4 Å². The van der Waals surface area contributed by atoms with Gasteiger partial charge in [-0.3, -0.25) is 9.48 Å². The number of aromatic nitrogens is 6. The molecular formula is C20H21N7O2. The van der Waals surface area contributed by atoms with E-state index in [9.17, 15) is 4.79 Å². The van der Waals surface area contributed by atoms with E-state index in [1.54, 1.807) is 35.1 Å². The smallest absolute Gasteiger partial charge is 0.247 e. The number of methoxy groups -OCH3 is 1. The van der Waals surface area contributed by atoms with Crippen molar-refractivity contribution in [1.82, 2.24) is 29.5 Å². The highest BCUT2D eigenvalue weighted by Crippen LogP contribution is 2.27. The first-order valence-corrected chi connectivity index (χ1v) is 9.09. The van der Waals surface area contributed by atoms with Gasteiger partial charge >= 0.3 is 0 Å². The first-order valence-electron chi connectivity index (χ1n) is 9.09. The number of carbonyl (C=O) groups is 1. The number of pyridine rings is 2. The Morgan fingerprint density at radius 1 is 1.31 bits per heavy atom. The van der Waals surface area contributed by atoms with Gasteiger partial charge < -0.3 is 10.1 Å². The summed E-state index contributed by atoms with van der Waals surface area (Å²) in [5.41, 5.74) is 4.30. The standard InChI is InChI=1S/C20H21N7O2/c1-12-8-13(2)23-19-17(12)18(25-26(19)3)24-16(28)11-27-10-14(9-22-27)15-6-5-7-21-20(15)29-4/h5-10H,11H2,1-4H3,(H,24,25,28). The molecule has 0 fully saturated rings. The van der Waals surface area contributed by atoms with Gasteiger partial charge in [0.25, 0.3) is 0 Å². The van der Waals surface area contributed by atoms with E-state index < -0.39 is 0 Å². The predicted molar refractivity (Wildman–Crippen MR) is 109 cm³/mol. The van der Waals surface area contributed by atoms with E-state index in [4.69, 9.17) is 4.74 Å². The molecule has 1 N–H and O–H groups in total. The molecule has 0 spiro atoms. The number of rotatable bonds is 5. The minimum Gasteiger partial charge on any atom is -0.481 e. The van der Waals surface area contributed by atoms with Crippen LogP contribution in [0.3, 0.4) is 0 Å². The molecule has 9 heteroatoms. The molecule has 9 nitrogen and oxygen atoms in total. The van der Waals surface area contributed by atoms with Crippen molar-refractivity contribution in [2.24, 2.45) is 7.05 Å². The van der Waals surface area contributed by atoms with Gasteiger partial charge in [0.05, 0.1) is 18.7 Å². The zero-order valence-corrected chi connectivity index (χ0v) is 16.7. The number of hydrogen-bond acceptors (Lipinski definition) is 6. The van der Waals surface area contributed by atoms with E-state index in [0.717, 1.165) is 33.4 Å². The molecule has 0 radical (unpaired) electrons. The molecule has 0 aromatic carbocycles. The Hall–Kier alpha value is -3.75. The van der Waals surface area contributed by atoms with Gasteiger partial charge in [-0.15, -0.1) is 0 Å². The lowest BCUT2D eigenvalue weighted by atomic mass is 10.1. The quantitative estimate of drug-likeness (QED) is 0.561. The SMILES string of the molecule is COc1ncccc1-c1cnn(CC(=O)Nc2nn(C)c3nc(C)cc(C)c23)c1. The van der Waals surface area contributed by atoms with E-state index in [1.807, 2.05) is 39.1 Å². The molecule has 29 heavy (non-hydrogen) atoms. The lowest BCUT2D eigenvalue weighted by Crippen LogP contribution is -2.19. The highest BCUT2D eigenvalue weighted by Gasteiger charge is 2.16. The fourth-order valence-corrected chi connectivity index (χ4v) is 3.36. The Morgan fingerprint density at radius 3 is 2.93 bits per heavy atom. The largest absolute Gasteiger partial charge is 0.481 e. The Kier molecular flexibility index (Phi) is 4.71. The van der Waals surface area contributed by atoms with Gasteiger partial charge in [-0.1, -0.05) is 0 Å². The third-order valence-electron chi connectivity index (χ3n) is 4.59. The van der Waals surface area contributed by atoms with E-state index in [1.165, 1.54) is 0 Å². The first kappa shape index (κ1) is 18.6. The maximum Gasteiger partial charge on any atom is 0.247 e. The molecule has 0 aliphatic heterocycles. The van der Waals surface area contributed by atoms with E-state index in [-0.39, 0.29) is 12.5 Å². The second-order valence-electron chi connectivity index (χ2n) is 6.79. The third-order valence-corrected chi connectivity index (χ3v) is 4.59.